The highest BCUT2D eigenvalue weighted by atomic mass is 16.2. The van der Waals surface area contributed by atoms with Gasteiger partial charge in [-0.05, 0) is 44.0 Å². The van der Waals surface area contributed by atoms with E-state index in [9.17, 15) is 9.59 Å². The van der Waals surface area contributed by atoms with Crippen LogP contribution in [0.25, 0.3) is 0 Å². The molecule has 0 aliphatic heterocycles. The maximum atomic E-state index is 12.3. The maximum absolute atomic E-state index is 12.3. The van der Waals surface area contributed by atoms with Crippen LogP contribution in [0.4, 0.5) is 5.69 Å². The van der Waals surface area contributed by atoms with E-state index >= 15 is 0 Å². The summed E-state index contributed by atoms with van der Waals surface area (Å²) in [5, 5.41) is 7.36. The fraction of sp³-hybridized carbons (Fsp3) is 0.389. The van der Waals surface area contributed by atoms with Crippen molar-refractivity contribution >= 4 is 17.5 Å². The Hall–Kier alpha value is -2.63. The highest BCUT2D eigenvalue weighted by molar-refractivity contribution is 5.95. The molecule has 128 valence electrons. The topological polar surface area (TPSA) is 90.0 Å². The van der Waals surface area contributed by atoms with Gasteiger partial charge >= 0.3 is 0 Å². The molecule has 0 saturated carbocycles. The fourth-order valence-electron chi connectivity index (χ4n) is 2.60. The molecule has 3 N–H and O–H groups in total. The molecule has 24 heavy (non-hydrogen) atoms. The monoisotopic (exact) mass is 328 g/mol. The third kappa shape index (κ3) is 4.22. The van der Waals surface area contributed by atoms with Gasteiger partial charge in [-0.15, -0.1) is 0 Å². The second-order valence-corrected chi connectivity index (χ2v) is 6.39. The van der Waals surface area contributed by atoms with Crippen LogP contribution >= 0.6 is 0 Å². The van der Waals surface area contributed by atoms with Gasteiger partial charge < -0.3 is 11.1 Å². The zero-order chi connectivity index (χ0) is 17.9. The first-order chi connectivity index (χ1) is 11.3. The predicted molar refractivity (Wildman–Crippen MR) is 93.8 cm³/mol. The highest BCUT2D eigenvalue weighted by Crippen LogP contribution is 2.16. The van der Waals surface area contributed by atoms with E-state index in [0.717, 1.165) is 23.5 Å². The average molecular weight is 328 g/mol. The molecule has 0 bridgehead atoms. The summed E-state index contributed by atoms with van der Waals surface area (Å²) in [5.74, 6) is -0.109. The second-order valence-electron chi connectivity index (χ2n) is 6.39. The van der Waals surface area contributed by atoms with E-state index in [2.05, 4.69) is 24.3 Å². The maximum Gasteiger partial charge on any atom is 0.248 e. The van der Waals surface area contributed by atoms with Crippen LogP contribution in [0.1, 0.15) is 41.2 Å². The van der Waals surface area contributed by atoms with Crippen molar-refractivity contribution in [1.82, 2.24) is 9.78 Å². The first kappa shape index (κ1) is 17.7. The minimum atomic E-state index is -0.489. The molecule has 1 aromatic heterocycles. The quantitative estimate of drug-likeness (QED) is 0.853. The average Bonchev–Trinajstić information content (AvgIpc) is 2.74. The normalized spacial score (nSPS) is 10.9. The zero-order valence-electron chi connectivity index (χ0n) is 14.6. The summed E-state index contributed by atoms with van der Waals surface area (Å²) in [6, 6.07) is 6.52. The van der Waals surface area contributed by atoms with Gasteiger partial charge in [0.1, 0.15) is 0 Å². The molecule has 0 saturated heterocycles. The summed E-state index contributed by atoms with van der Waals surface area (Å²) < 4.78 is 1.96. The molecule has 1 heterocycles. The number of rotatable bonds is 6. The summed E-state index contributed by atoms with van der Waals surface area (Å²) in [6.45, 7) is 9.03. The number of benzene rings is 1. The number of amides is 2. The lowest BCUT2D eigenvalue weighted by molar-refractivity contribution is -0.115. The van der Waals surface area contributed by atoms with Crippen molar-refractivity contribution in [3.63, 3.8) is 0 Å². The molecule has 2 rings (SSSR count). The van der Waals surface area contributed by atoms with Crippen LogP contribution in [0, 0.1) is 19.8 Å². The SMILES string of the molecule is Cc1nn(CC(C)C)c(C)c1CC(=O)Nc1ccc(C(N)=O)cc1. The predicted octanol–water partition coefficient (Wildman–Crippen LogP) is 2.44. The smallest absolute Gasteiger partial charge is 0.248 e. The van der Waals surface area contributed by atoms with Gasteiger partial charge in [-0.25, -0.2) is 0 Å². The van der Waals surface area contributed by atoms with E-state index in [1.807, 2.05) is 18.5 Å². The number of carbonyl (C=O) groups excluding carboxylic acids is 2. The molecule has 0 unspecified atom stereocenters. The molecule has 6 heteroatoms. The van der Waals surface area contributed by atoms with Crippen molar-refractivity contribution in [2.24, 2.45) is 11.7 Å². The Kier molecular flexibility index (Phi) is 5.39. The summed E-state index contributed by atoms with van der Waals surface area (Å²) in [7, 11) is 0. The van der Waals surface area contributed by atoms with Gasteiger partial charge in [0.15, 0.2) is 0 Å². The number of nitrogens with two attached hydrogens (primary N) is 1. The molecular formula is C18H24N4O2. The van der Waals surface area contributed by atoms with Gasteiger partial charge in [0.2, 0.25) is 11.8 Å². The van der Waals surface area contributed by atoms with Crippen LogP contribution in [0.15, 0.2) is 24.3 Å². The number of nitrogens with zero attached hydrogens (tertiary/aromatic N) is 2. The lowest BCUT2D eigenvalue weighted by Crippen LogP contribution is -2.16. The number of nitrogens with one attached hydrogen (secondary N) is 1. The highest BCUT2D eigenvalue weighted by Gasteiger charge is 2.15. The number of hydrogen-bond donors (Lipinski definition) is 2. The lowest BCUT2D eigenvalue weighted by atomic mass is 10.1. The molecule has 0 atom stereocenters. The van der Waals surface area contributed by atoms with E-state index in [1.54, 1.807) is 24.3 Å². The van der Waals surface area contributed by atoms with Crippen molar-refractivity contribution in [3.05, 3.63) is 46.8 Å². The van der Waals surface area contributed by atoms with E-state index < -0.39 is 5.91 Å². The fourth-order valence-corrected chi connectivity index (χ4v) is 2.60. The van der Waals surface area contributed by atoms with Crippen molar-refractivity contribution in [2.45, 2.75) is 40.7 Å². The van der Waals surface area contributed by atoms with Crippen molar-refractivity contribution in [1.29, 1.82) is 0 Å². The minimum absolute atomic E-state index is 0.114. The van der Waals surface area contributed by atoms with Crippen LogP contribution in [0.5, 0.6) is 0 Å². The Morgan fingerprint density at radius 2 is 1.83 bits per heavy atom. The van der Waals surface area contributed by atoms with Gasteiger partial charge in [-0.2, -0.15) is 5.10 Å². The number of carbonyl (C=O) groups is 2. The number of aryl methyl sites for hydroxylation is 1. The van der Waals surface area contributed by atoms with Crippen LogP contribution in [0.2, 0.25) is 0 Å². The first-order valence-corrected chi connectivity index (χ1v) is 8.00. The Bertz CT molecular complexity index is 745. The molecule has 0 spiro atoms. The number of hydrogen-bond acceptors (Lipinski definition) is 3. The largest absolute Gasteiger partial charge is 0.366 e. The van der Waals surface area contributed by atoms with E-state index in [0.29, 0.717) is 17.2 Å². The van der Waals surface area contributed by atoms with Crippen LogP contribution < -0.4 is 11.1 Å². The second kappa shape index (κ2) is 7.29. The standard InChI is InChI=1S/C18H24N4O2/c1-11(2)10-22-13(4)16(12(3)21-22)9-17(23)20-15-7-5-14(6-8-15)18(19)24/h5-8,11H,9-10H2,1-4H3,(H2,19,24)(H,20,23). The summed E-state index contributed by atoms with van der Waals surface area (Å²) in [5.41, 5.74) is 9.12. The summed E-state index contributed by atoms with van der Waals surface area (Å²) in [4.78, 5) is 23.4. The molecule has 2 amide bonds. The van der Waals surface area contributed by atoms with Gasteiger partial charge in [0, 0.05) is 29.1 Å². The van der Waals surface area contributed by atoms with Gasteiger partial charge in [-0.1, -0.05) is 13.8 Å². The summed E-state index contributed by atoms with van der Waals surface area (Å²) >= 11 is 0. The van der Waals surface area contributed by atoms with Gasteiger partial charge in [0.25, 0.3) is 0 Å². The number of aromatic nitrogens is 2. The Balaban J connectivity index is 2.07. The summed E-state index contributed by atoms with van der Waals surface area (Å²) in [6.07, 6.45) is 0.271. The van der Waals surface area contributed by atoms with E-state index in [1.165, 1.54) is 0 Å². The molecule has 2 aromatic rings. The molecular weight excluding hydrogens is 304 g/mol. The van der Waals surface area contributed by atoms with Crippen LogP contribution in [-0.2, 0) is 17.8 Å². The van der Waals surface area contributed by atoms with E-state index in [-0.39, 0.29) is 12.3 Å². The Labute approximate surface area is 142 Å². The first-order valence-electron chi connectivity index (χ1n) is 8.00. The number of primary amides is 1. The van der Waals surface area contributed by atoms with Crippen molar-refractivity contribution in [3.8, 4) is 0 Å². The Morgan fingerprint density at radius 1 is 1.21 bits per heavy atom. The van der Waals surface area contributed by atoms with E-state index in [4.69, 9.17) is 5.73 Å². The Morgan fingerprint density at radius 3 is 2.38 bits per heavy atom. The molecule has 0 aliphatic carbocycles. The molecule has 6 nitrogen and oxygen atoms in total. The van der Waals surface area contributed by atoms with Crippen LogP contribution in [-0.4, -0.2) is 21.6 Å². The molecule has 1 aromatic carbocycles. The van der Waals surface area contributed by atoms with Gasteiger partial charge in [0.05, 0.1) is 12.1 Å². The van der Waals surface area contributed by atoms with Crippen molar-refractivity contribution < 1.29 is 9.59 Å². The number of anilines is 1. The molecule has 0 radical (unpaired) electrons. The lowest BCUT2D eigenvalue weighted by Gasteiger charge is -2.08. The molecule has 0 fully saturated rings. The third-order valence-corrected chi connectivity index (χ3v) is 3.86. The molecule has 0 aliphatic rings. The van der Waals surface area contributed by atoms with Crippen LogP contribution in [0.3, 0.4) is 0 Å². The minimum Gasteiger partial charge on any atom is -0.366 e. The third-order valence-electron chi connectivity index (χ3n) is 3.86. The zero-order valence-corrected chi connectivity index (χ0v) is 14.6. The van der Waals surface area contributed by atoms with Crippen molar-refractivity contribution in [2.75, 3.05) is 5.32 Å². The van der Waals surface area contributed by atoms with Gasteiger partial charge in [-0.3, -0.25) is 14.3 Å².